The first kappa shape index (κ1) is 24.2. The predicted molar refractivity (Wildman–Crippen MR) is 125 cm³/mol. The standard InChI is InChI=1S/C24H33N3O4S/c1-26(2)23(20-7-6-8-21(17-20)31-3)18-25-24(28)14-11-19-9-12-22(13-10-19)32(29,30)27-15-4-5-16-27/h6-10,12-13,17,23H,4-5,11,14-16,18H2,1-3H3,(H,25,28). The van der Waals surface area contributed by atoms with E-state index in [1.807, 2.05) is 38.4 Å². The van der Waals surface area contributed by atoms with Gasteiger partial charge in [-0.3, -0.25) is 4.79 Å². The van der Waals surface area contributed by atoms with Crippen LogP contribution in [0, 0.1) is 0 Å². The Kier molecular flexibility index (Phi) is 8.28. The number of rotatable bonds is 10. The molecule has 1 saturated heterocycles. The second-order valence-electron chi connectivity index (χ2n) is 8.32. The number of nitrogens with zero attached hydrogens (tertiary/aromatic N) is 2. The van der Waals surface area contributed by atoms with Crippen molar-refractivity contribution in [1.29, 1.82) is 0 Å². The summed E-state index contributed by atoms with van der Waals surface area (Å²) in [6.07, 6.45) is 2.73. The van der Waals surface area contributed by atoms with Gasteiger partial charge >= 0.3 is 0 Å². The van der Waals surface area contributed by atoms with Gasteiger partial charge in [0.05, 0.1) is 18.0 Å². The lowest BCUT2D eigenvalue weighted by molar-refractivity contribution is -0.121. The summed E-state index contributed by atoms with van der Waals surface area (Å²) < 4.78 is 32.1. The molecule has 0 spiro atoms. The van der Waals surface area contributed by atoms with Crippen molar-refractivity contribution >= 4 is 15.9 Å². The minimum absolute atomic E-state index is 0.0316. The second-order valence-corrected chi connectivity index (χ2v) is 10.3. The molecule has 1 fully saturated rings. The maximum Gasteiger partial charge on any atom is 0.243 e. The summed E-state index contributed by atoms with van der Waals surface area (Å²) in [5.41, 5.74) is 2.02. The average Bonchev–Trinajstić information content (AvgIpc) is 3.34. The van der Waals surface area contributed by atoms with E-state index in [9.17, 15) is 13.2 Å². The number of carbonyl (C=O) groups is 1. The number of nitrogens with one attached hydrogen (secondary N) is 1. The molecule has 1 aliphatic heterocycles. The fourth-order valence-corrected chi connectivity index (χ4v) is 5.43. The van der Waals surface area contributed by atoms with E-state index in [2.05, 4.69) is 10.2 Å². The number of sulfonamides is 1. The molecule has 8 heteroatoms. The van der Waals surface area contributed by atoms with E-state index < -0.39 is 10.0 Å². The molecule has 7 nitrogen and oxygen atoms in total. The van der Waals surface area contributed by atoms with Gasteiger partial charge in [-0.2, -0.15) is 4.31 Å². The molecule has 2 aromatic rings. The third kappa shape index (κ3) is 6.09. The molecule has 0 radical (unpaired) electrons. The minimum Gasteiger partial charge on any atom is -0.497 e. The number of carbonyl (C=O) groups excluding carboxylic acids is 1. The molecule has 0 aromatic heterocycles. The molecule has 1 amide bonds. The van der Waals surface area contributed by atoms with Gasteiger partial charge in [-0.1, -0.05) is 24.3 Å². The monoisotopic (exact) mass is 459 g/mol. The summed E-state index contributed by atoms with van der Waals surface area (Å²) in [5, 5.41) is 3.02. The Morgan fingerprint density at radius 3 is 2.44 bits per heavy atom. The summed E-state index contributed by atoms with van der Waals surface area (Å²) in [7, 11) is 2.20. The van der Waals surface area contributed by atoms with Gasteiger partial charge in [0.15, 0.2) is 0 Å². The highest BCUT2D eigenvalue weighted by molar-refractivity contribution is 7.89. The average molecular weight is 460 g/mol. The smallest absolute Gasteiger partial charge is 0.243 e. The fraction of sp³-hybridized carbons (Fsp3) is 0.458. The summed E-state index contributed by atoms with van der Waals surface area (Å²) in [6, 6.07) is 14.8. The van der Waals surface area contributed by atoms with Crippen LogP contribution >= 0.6 is 0 Å². The van der Waals surface area contributed by atoms with Crippen molar-refractivity contribution in [1.82, 2.24) is 14.5 Å². The van der Waals surface area contributed by atoms with Crippen LogP contribution in [0.15, 0.2) is 53.4 Å². The molecule has 1 unspecified atom stereocenters. The maximum absolute atomic E-state index is 12.6. The highest BCUT2D eigenvalue weighted by Gasteiger charge is 2.26. The first-order chi connectivity index (χ1) is 15.3. The first-order valence-electron chi connectivity index (χ1n) is 11.0. The Hall–Kier alpha value is -2.42. The van der Waals surface area contributed by atoms with E-state index in [4.69, 9.17) is 4.74 Å². The fourth-order valence-electron chi connectivity index (χ4n) is 3.91. The normalized spacial score (nSPS) is 15.6. The van der Waals surface area contributed by atoms with E-state index in [0.29, 0.717) is 37.4 Å². The third-order valence-corrected chi connectivity index (χ3v) is 7.77. The molecule has 32 heavy (non-hydrogen) atoms. The number of hydrogen-bond donors (Lipinski definition) is 1. The van der Waals surface area contributed by atoms with Gasteiger partial charge < -0.3 is 15.0 Å². The summed E-state index contributed by atoms with van der Waals surface area (Å²) in [5.74, 6) is 0.754. The summed E-state index contributed by atoms with van der Waals surface area (Å²) in [4.78, 5) is 14.8. The van der Waals surface area contributed by atoms with Crippen molar-refractivity contribution < 1.29 is 17.9 Å². The van der Waals surface area contributed by atoms with Crippen molar-refractivity contribution in [3.05, 3.63) is 59.7 Å². The van der Waals surface area contributed by atoms with Crippen LogP contribution in [-0.2, 0) is 21.2 Å². The zero-order valence-electron chi connectivity index (χ0n) is 19.1. The van der Waals surface area contributed by atoms with Crippen LogP contribution in [0.3, 0.4) is 0 Å². The van der Waals surface area contributed by atoms with Crippen molar-refractivity contribution in [2.75, 3.05) is 40.8 Å². The number of ether oxygens (including phenoxy) is 1. The highest BCUT2D eigenvalue weighted by atomic mass is 32.2. The maximum atomic E-state index is 12.6. The van der Waals surface area contributed by atoms with E-state index in [0.717, 1.165) is 29.7 Å². The lowest BCUT2D eigenvalue weighted by atomic mass is 10.1. The molecule has 3 rings (SSSR count). The molecular formula is C24H33N3O4S. The molecule has 1 N–H and O–H groups in total. The molecule has 0 bridgehead atoms. The first-order valence-corrected chi connectivity index (χ1v) is 12.4. The minimum atomic E-state index is -3.40. The van der Waals surface area contributed by atoms with Gasteiger partial charge in [0.2, 0.25) is 15.9 Å². The number of likely N-dealkylation sites (N-methyl/N-ethyl adjacent to an activating group) is 1. The molecule has 2 aromatic carbocycles. The van der Waals surface area contributed by atoms with Gasteiger partial charge in [0, 0.05) is 26.1 Å². The van der Waals surface area contributed by atoms with Gasteiger partial charge in [-0.25, -0.2) is 8.42 Å². The molecule has 1 heterocycles. The van der Waals surface area contributed by atoms with E-state index in [-0.39, 0.29) is 11.9 Å². The van der Waals surface area contributed by atoms with Crippen LogP contribution in [0.25, 0.3) is 0 Å². The zero-order chi connectivity index (χ0) is 23.1. The predicted octanol–water partition coefficient (Wildman–Crippen LogP) is 2.83. The Labute approximate surface area is 191 Å². The Morgan fingerprint density at radius 2 is 1.81 bits per heavy atom. The van der Waals surface area contributed by atoms with E-state index >= 15 is 0 Å². The number of benzene rings is 2. The Morgan fingerprint density at radius 1 is 1.12 bits per heavy atom. The number of hydrogen-bond acceptors (Lipinski definition) is 5. The van der Waals surface area contributed by atoms with E-state index in [1.165, 1.54) is 0 Å². The van der Waals surface area contributed by atoms with Gasteiger partial charge in [0.1, 0.15) is 5.75 Å². The van der Waals surface area contributed by atoms with Crippen LogP contribution in [0.1, 0.15) is 36.4 Å². The SMILES string of the molecule is COc1cccc(C(CNC(=O)CCc2ccc(S(=O)(=O)N3CCCC3)cc2)N(C)C)c1. The third-order valence-electron chi connectivity index (χ3n) is 5.86. The molecular weight excluding hydrogens is 426 g/mol. The molecule has 0 aliphatic carbocycles. The van der Waals surface area contributed by atoms with Crippen LogP contribution < -0.4 is 10.1 Å². The molecule has 1 atom stereocenters. The summed E-state index contributed by atoms with van der Waals surface area (Å²) >= 11 is 0. The molecule has 174 valence electrons. The van der Waals surface area contributed by atoms with Crippen LogP contribution in [0.4, 0.5) is 0 Å². The van der Waals surface area contributed by atoms with Gasteiger partial charge in [-0.15, -0.1) is 0 Å². The lowest BCUT2D eigenvalue weighted by Gasteiger charge is -2.25. The lowest BCUT2D eigenvalue weighted by Crippen LogP contribution is -2.34. The zero-order valence-corrected chi connectivity index (χ0v) is 19.9. The number of amides is 1. The topological polar surface area (TPSA) is 78.9 Å². The van der Waals surface area contributed by atoms with Gasteiger partial charge in [-0.05, 0) is 68.8 Å². The largest absolute Gasteiger partial charge is 0.497 e. The van der Waals surface area contributed by atoms with Crippen molar-refractivity contribution in [2.45, 2.75) is 36.6 Å². The molecule has 0 saturated carbocycles. The van der Waals surface area contributed by atoms with Crippen molar-refractivity contribution in [2.24, 2.45) is 0 Å². The number of methoxy groups -OCH3 is 1. The van der Waals surface area contributed by atoms with Crippen LogP contribution in [0.5, 0.6) is 5.75 Å². The van der Waals surface area contributed by atoms with Crippen LogP contribution in [-0.4, -0.2) is 64.4 Å². The van der Waals surface area contributed by atoms with Crippen molar-refractivity contribution in [3.8, 4) is 5.75 Å². The summed E-state index contributed by atoms with van der Waals surface area (Å²) in [6.45, 7) is 1.67. The van der Waals surface area contributed by atoms with Crippen LogP contribution in [0.2, 0.25) is 0 Å². The van der Waals surface area contributed by atoms with E-state index in [1.54, 1.807) is 35.7 Å². The molecule has 1 aliphatic rings. The Balaban J connectivity index is 1.52. The quantitative estimate of drug-likeness (QED) is 0.591. The highest BCUT2D eigenvalue weighted by Crippen LogP contribution is 2.23. The number of aryl methyl sites for hydroxylation is 1. The van der Waals surface area contributed by atoms with Crippen molar-refractivity contribution in [3.63, 3.8) is 0 Å². The second kappa shape index (κ2) is 10.9. The van der Waals surface area contributed by atoms with Gasteiger partial charge in [0.25, 0.3) is 0 Å². The Bertz CT molecular complexity index is 1000.